The summed E-state index contributed by atoms with van der Waals surface area (Å²) in [6, 6.07) is 8.78. The molecule has 0 bridgehead atoms. The lowest BCUT2D eigenvalue weighted by Crippen LogP contribution is -2.37. The lowest BCUT2D eigenvalue weighted by molar-refractivity contribution is 0.660. The van der Waals surface area contributed by atoms with Crippen molar-refractivity contribution in [3.63, 3.8) is 0 Å². The van der Waals surface area contributed by atoms with Gasteiger partial charge >= 0.3 is 0 Å². The van der Waals surface area contributed by atoms with Crippen LogP contribution >= 0.6 is 11.8 Å². The second kappa shape index (κ2) is 4.91. The molecule has 0 saturated heterocycles. The summed E-state index contributed by atoms with van der Waals surface area (Å²) in [7, 11) is 2.12. The van der Waals surface area contributed by atoms with Gasteiger partial charge in [0.2, 0.25) is 0 Å². The van der Waals surface area contributed by atoms with E-state index in [0.29, 0.717) is 5.25 Å². The van der Waals surface area contributed by atoms with E-state index in [-0.39, 0.29) is 5.54 Å². The molecule has 3 heteroatoms. The van der Waals surface area contributed by atoms with Crippen LogP contribution in [0.25, 0.3) is 0 Å². The Labute approximate surface area is 109 Å². The second-order valence-electron chi connectivity index (χ2n) is 5.38. The minimum atomic E-state index is 0.0834. The van der Waals surface area contributed by atoms with E-state index >= 15 is 0 Å². The minimum absolute atomic E-state index is 0.0834. The summed E-state index contributed by atoms with van der Waals surface area (Å²) in [6.45, 7) is 5.40. The van der Waals surface area contributed by atoms with Crippen molar-refractivity contribution in [3.8, 4) is 0 Å². The molecule has 0 atom stereocenters. The molecule has 0 radical (unpaired) electrons. The SMILES string of the molecule is CC(C)Sc1ccc(N(C)CC2(N)CC2)cc1. The molecule has 0 aliphatic heterocycles. The van der Waals surface area contributed by atoms with Crippen LogP contribution in [-0.2, 0) is 0 Å². The first-order valence-electron chi connectivity index (χ1n) is 6.25. The van der Waals surface area contributed by atoms with Crippen molar-refractivity contribution < 1.29 is 0 Å². The van der Waals surface area contributed by atoms with Crippen molar-refractivity contribution in [1.29, 1.82) is 0 Å². The Hall–Kier alpha value is -0.670. The van der Waals surface area contributed by atoms with Gasteiger partial charge < -0.3 is 10.6 Å². The quantitative estimate of drug-likeness (QED) is 0.814. The molecule has 0 aromatic heterocycles. The number of rotatable bonds is 5. The number of nitrogens with zero attached hydrogens (tertiary/aromatic N) is 1. The molecule has 2 N–H and O–H groups in total. The Bertz CT molecular complexity index is 368. The number of hydrogen-bond acceptors (Lipinski definition) is 3. The number of nitrogens with two attached hydrogens (primary N) is 1. The van der Waals surface area contributed by atoms with E-state index < -0.39 is 0 Å². The first-order chi connectivity index (χ1) is 7.98. The van der Waals surface area contributed by atoms with Crippen molar-refractivity contribution in [2.45, 2.75) is 42.4 Å². The highest BCUT2D eigenvalue weighted by Gasteiger charge is 2.39. The monoisotopic (exact) mass is 250 g/mol. The average Bonchev–Trinajstić information content (AvgIpc) is 2.96. The molecule has 94 valence electrons. The van der Waals surface area contributed by atoms with Gasteiger partial charge in [-0.2, -0.15) is 0 Å². The third-order valence-corrected chi connectivity index (χ3v) is 4.11. The Morgan fingerprint density at radius 2 is 1.88 bits per heavy atom. The van der Waals surface area contributed by atoms with Crippen LogP contribution in [-0.4, -0.2) is 24.4 Å². The Kier molecular flexibility index (Phi) is 3.69. The topological polar surface area (TPSA) is 29.3 Å². The van der Waals surface area contributed by atoms with Gasteiger partial charge in [0.1, 0.15) is 0 Å². The maximum absolute atomic E-state index is 6.13. The molecule has 1 saturated carbocycles. The fraction of sp³-hybridized carbons (Fsp3) is 0.571. The van der Waals surface area contributed by atoms with E-state index in [2.05, 4.69) is 50.1 Å². The maximum Gasteiger partial charge on any atom is 0.0365 e. The minimum Gasteiger partial charge on any atom is -0.373 e. The number of likely N-dealkylation sites (N-methyl/N-ethyl adjacent to an activating group) is 1. The molecule has 1 aliphatic rings. The van der Waals surface area contributed by atoms with Gasteiger partial charge in [-0.15, -0.1) is 11.8 Å². The molecule has 1 aliphatic carbocycles. The van der Waals surface area contributed by atoms with E-state index in [0.717, 1.165) is 6.54 Å². The number of anilines is 1. The predicted molar refractivity (Wildman–Crippen MR) is 76.9 cm³/mol. The fourth-order valence-corrected chi connectivity index (χ4v) is 2.77. The van der Waals surface area contributed by atoms with Crippen LogP contribution in [0.3, 0.4) is 0 Å². The molecule has 0 heterocycles. The zero-order chi connectivity index (χ0) is 12.5. The van der Waals surface area contributed by atoms with Gasteiger partial charge in [-0.1, -0.05) is 13.8 Å². The van der Waals surface area contributed by atoms with Gasteiger partial charge in [0.25, 0.3) is 0 Å². The molecule has 2 nitrogen and oxygen atoms in total. The Morgan fingerprint density at radius 3 is 2.35 bits per heavy atom. The summed E-state index contributed by atoms with van der Waals surface area (Å²) in [5.74, 6) is 0. The van der Waals surface area contributed by atoms with E-state index in [9.17, 15) is 0 Å². The normalized spacial score (nSPS) is 17.2. The number of benzene rings is 1. The van der Waals surface area contributed by atoms with Crippen LogP contribution in [0, 0.1) is 0 Å². The van der Waals surface area contributed by atoms with Gasteiger partial charge in [-0.25, -0.2) is 0 Å². The van der Waals surface area contributed by atoms with Gasteiger partial charge in [0.15, 0.2) is 0 Å². The molecule has 0 spiro atoms. The number of thioether (sulfide) groups is 1. The van der Waals surface area contributed by atoms with E-state index in [1.165, 1.54) is 23.4 Å². The zero-order valence-corrected chi connectivity index (χ0v) is 11.8. The van der Waals surface area contributed by atoms with Crippen molar-refractivity contribution in [2.75, 3.05) is 18.5 Å². The zero-order valence-electron chi connectivity index (χ0n) is 10.9. The average molecular weight is 250 g/mol. The first-order valence-corrected chi connectivity index (χ1v) is 7.13. The van der Waals surface area contributed by atoms with Gasteiger partial charge in [-0.05, 0) is 37.1 Å². The van der Waals surface area contributed by atoms with Crippen molar-refractivity contribution in [1.82, 2.24) is 0 Å². The van der Waals surface area contributed by atoms with Gasteiger partial charge in [0, 0.05) is 35.0 Å². The highest BCUT2D eigenvalue weighted by molar-refractivity contribution is 7.99. The summed E-state index contributed by atoms with van der Waals surface area (Å²) in [5, 5.41) is 0.636. The Balaban J connectivity index is 1.96. The van der Waals surface area contributed by atoms with Gasteiger partial charge in [-0.3, -0.25) is 0 Å². The molecule has 1 fully saturated rings. The third-order valence-electron chi connectivity index (χ3n) is 3.09. The molecule has 0 amide bonds. The molecule has 0 unspecified atom stereocenters. The first kappa shape index (κ1) is 12.8. The predicted octanol–water partition coefficient (Wildman–Crippen LogP) is 3.11. The highest BCUT2D eigenvalue weighted by Crippen LogP contribution is 2.34. The largest absolute Gasteiger partial charge is 0.373 e. The molecule has 17 heavy (non-hydrogen) atoms. The fourth-order valence-electron chi connectivity index (χ4n) is 1.93. The van der Waals surface area contributed by atoms with E-state index in [4.69, 9.17) is 5.73 Å². The molecular formula is C14H22N2S. The smallest absolute Gasteiger partial charge is 0.0365 e. The summed E-state index contributed by atoms with van der Waals surface area (Å²) in [4.78, 5) is 3.60. The summed E-state index contributed by atoms with van der Waals surface area (Å²) < 4.78 is 0. The maximum atomic E-state index is 6.13. The Morgan fingerprint density at radius 1 is 1.29 bits per heavy atom. The number of hydrogen-bond donors (Lipinski definition) is 1. The molecule has 1 aromatic carbocycles. The molecular weight excluding hydrogens is 228 g/mol. The van der Waals surface area contributed by atoms with Crippen LogP contribution in [0.4, 0.5) is 5.69 Å². The van der Waals surface area contributed by atoms with Crippen LogP contribution in [0.1, 0.15) is 26.7 Å². The van der Waals surface area contributed by atoms with Crippen LogP contribution in [0.5, 0.6) is 0 Å². The second-order valence-corrected chi connectivity index (χ2v) is 7.03. The third kappa shape index (κ3) is 3.65. The van der Waals surface area contributed by atoms with Crippen molar-refractivity contribution in [2.24, 2.45) is 5.73 Å². The standard InChI is InChI=1S/C14H22N2S/c1-11(2)17-13-6-4-12(5-7-13)16(3)10-14(15)8-9-14/h4-7,11H,8-10,15H2,1-3H3. The van der Waals surface area contributed by atoms with Crippen molar-refractivity contribution in [3.05, 3.63) is 24.3 Å². The molecule has 2 rings (SSSR count). The van der Waals surface area contributed by atoms with Gasteiger partial charge in [0.05, 0.1) is 0 Å². The van der Waals surface area contributed by atoms with E-state index in [1.807, 2.05) is 11.8 Å². The van der Waals surface area contributed by atoms with Crippen LogP contribution in [0.15, 0.2) is 29.2 Å². The van der Waals surface area contributed by atoms with Crippen LogP contribution in [0.2, 0.25) is 0 Å². The summed E-state index contributed by atoms with van der Waals surface area (Å²) in [6.07, 6.45) is 2.33. The van der Waals surface area contributed by atoms with Crippen LogP contribution < -0.4 is 10.6 Å². The highest BCUT2D eigenvalue weighted by atomic mass is 32.2. The van der Waals surface area contributed by atoms with Crippen molar-refractivity contribution >= 4 is 17.4 Å². The molecule has 1 aromatic rings. The summed E-state index contributed by atoms with van der Waals surface area (Å²) in [5.41, 5.74) is 7.48. The lowest BCUT2D eigenvalue weighted by atomic mass is 10.2. The lowest BCUT2D eigenvalue weighted by Gasteiger charge is -2.23. The summed E-state index contributed by atoms with van der Waals surface area (Å²) >= 11 is 1.90. The van der Waals surface area contributed by atoms with E-state index in [1.54, 1.807) is 0 Å².